The summed E-state index contributed by atoms with van der Waals surface area (Å²) in [5.74, 6) is -0.208. The molecule has 2 aliphatic rings. The van der Waals surface area contributed by atoms with Crippen LogP contribution >= 0.6 is 0 Å². The minimum Gasteiger partial charge on any atom is -0.350 e. The lowest BCUT2D eigenvalue weighted by Crippen LogP contribution is -2.52. The number of hydrogen-bond acceptors (Lipinski definition) is 3. The van der Waals surface area contributed by atoms with Gasteiger partial charge in [-0.2, -0.15) is 0 Å². The van der Waals surface area contributed by atoms with E-state index in [1.54, 1.807) is 0 Å². The molecule has 2 atom stereocenters. The van der Waals surface area contributed by atoms with Crippen LogP contribution in [-0.4, -0.2) is 47.9 Å². The molecular weight excluding hydrogens is 362 g/mol. The lowest BCUT2D eigenvalue weighted by Gasteiger charge is -2.27. The fraction of sp³-hybridized carbons (Fsp3) is 0.667. The Balaban J connectivity index is 1.56. The molecule has 0 spiro atoms. The van der Waals surface area contributed by atoms with Crippen molar-refractivity contribution in [1.29, 1.82) is 0 Å². The summed E-state index contributed by atoms with van der Waals surface area (Å²) in [7, 11) is 0. The van der Waals surface area contributed by atoms with Gasteiger partial charge in [0, 0.05) is 30.7 Å². The molecule has 1 aliphatic heterocycles. The summed E-state index contributed by atoms with van der Waals surface area (Å²) >= 11 is 0. The molecule has 1 saturated heterocycles. The Morgan fingerprint density at radius 3 is 2.38 bits per heavy atom. The Labute approximate surface area is 175 Å². The third-order valence-corrected chi connectivity index (χ3v) is 6.53. The van der Waals surface area contributed by atoms with E-state index in [1.165, 1.54) is 38.5 Å². The number of hydrogen-bond donors (Lipinski definition) is 2. The van der Waals surface area contributed by atoms with E-state index in [1.807, 2.05) is 45.0 Å². The van der Waals surface area contributed by atoms with Gasteiger partial charge in [0.05, 0.1) is 0 Å². The topological polar surface area (TPSA) is 61.4 Å². The third kappa shape index (κ3) is 5.81. The van der Waals surface area contributed by atoms with Crippen LogP contribution in [-0.2, 0) is 4.79 Å². The maximum atomic E-state index is 13.0. The number of nitrogens with one attached hydrogen (secondary N) is 2. The molecule has 2 fully saturated rings. The van der Waals surface area contributed by atoms with Gasteiger partial charge in [-0.15, -0.1) is 0 Å². The largest absolute Gasteiger partial charge is 0.350 e. The van der Waals surface area contributed by atoms with E-state index in [2.05, 4.69) is 15.5 Å². The van der Waals surface area contributed by atoms with Crippen LogP contribution in [0, 0.1) is 12.8 Å². The van der Waals surface area contributed by atoms with Crippen molar-refractivity contribution in [3.8, 4) is 0 Å². The van der Waals surface area contributed by atoms with Crippen LogP contribution in [0.3, 0.4) is 0 Å². The summed E-state index contributed by atoms with van der Waals surface area (Å²) in [6.45, 7) is 7.88. The highest BCUT2D eigenvalue weighted by Crippen LogP contribution is 2.25. The zero-order chi connectivity index (χ0) is 20.8. The Kier molecular flexibility index (Phi) is 7.70. The molecule has 0 bridgehead atoms. The fourth-order valence-electron chi connectivity index (χ4n) is 4.73. The molecule has 29 heavy (non-hydrogen) atoms. The summed E-state index contributed by atoms with van der Waals surface area (Å²) in [5, 5.41) is 6.19. The first-order chi connectivity index (χ1) is 14.0. The summed E-state index contributed by atoms with van der Waals surface area (Å²) in [6, 6.07) is 7.84. The zero-order valence-electron chi connectivity index (χ0n) is 18.2. The first-order valence-electron chi connectivity index (χ1n) is 11.4. The highest BCUT2D eigenvalue weighted by molar-refractivity contribution is 5.98. The molecular formula is C24H37N3O2. The molecule has 3 rings (SSSR count). The van der Waals surface area contributed by atoms with E-state index in [0.717, 1.165) is 25.1 Å². The van der Waals surface area contributed by atoms with Crippen molar-refractivity contribution < 1.29 is 9.59 Å². The fourth-order valence-corrected chi connectivity index (χ4v) is 4.73. The van der Waals surface area contributed by atoms with Crippen LogP contribution in [0.4, 0.5) is 0 Å². The van der Waals surface area contributed by atoms with E-state index in [-0.39, 0.29) is 23.8 Å². The van der Waals surface area contributed by atoms with E-state index in [4.69, 9.17) is 0 Å². The van der Waals surface area contributed by atoms with Gasteiger partial charge in [0.2, 0.25) is 5.91 Å². The highest BCUT2D eigenvalue weighted by Gasteiger charge is 2.32. The van der Waals surface area contributed by atoms with Crippen molar-refractivity contribution >= 4 is 11.8 Å². The maximum absolute atomic E-state index is 13.0. The van der Waals surface area contributed by atoms with Crippen LogP contribution < -0.4 is 10.6 Å². The summed E-state index contributed by atoms with van der Waals surface area (Å²) < 4.78 is 0. The first kappa shape index (κ1) is 21.8. The van der Waals surface area contributed by atoms with E-state index >= 15 is 0 Å². The quantitative estimate of drug-likeness (QED) is 0.718. The summed E-state index contributed by atoms with van der Waals surface area (Å²) in [6.07, 6.45) is 8.97. The predicted molar refractivity (Wildman–Crippen MR) is 117 cm³/mol. The van der Waals surface area contributed by atoms with E-state index < -0.39 is 6.04 Å². The van der Waals surface area contributed by atoms with Crippen LogP contribution in [0.5, 0.6) is 0 Å². The van der Waals surface area contributed by atoms with Gasteiger partial charge in [-0.1, -0.05) is 57.7 Å². The van der Waals surface area contributed by atoms with Crippen molar-refractivity contribution in [2.75, 3.05) is 13.1 Å². The Bertz CT molecular complexity index is 695. The second-order valence-electron chi connectivity index (χ2n) is 9.14. The average molecular weight is 400 g/mol. The van der Waals surface area contributed by atoms with Crippen molar-refractivity contribution in [2.24, 2.45) is 5.92 Å². The Morgan fingerprint density at radius 1 is 1.03 bits per heavy atom. The molecule has 0 aromatic heterocycles. The third-order valence-electron chi connectivity index (χ3n) is 6.53. The molecule has 1 aliphatic carbocycles. The lowest BCUT2D eigenvalue weighted by molar-refractivity contribution is -0.124. The number of amides is 2. The SMILES string of the molecule is Cc1ccccc1C(=O)NC(C(=O)NC1CCN(C2CCCCCC2)C1)C(C)C. The second kappa shape index (κ2) is 10.2. The predicted octanol–water partition coefficient (Wildman–Crippen LogP) is 3.66. The molecule has 2 unspecified atom stereocenters. The van der Waals surface area contributed by atoms with Crippen molar-refractivity contribution in [3.63, 3.8) is 0 Å². The lowest BCUT2D eigenvalue weighted by atomic mass is 10.0. The van der Waals surface area contributed by atoms with Crippen molar-refractivity contribution in [1.82, 2.24) is 15.5 Å². The monoisotopic (exact) mass is 399 g/mol. The van der Waals surface area contributed by atoms with Crippen molar-refractivity contribution in [2.45, 2.75) is 83.8 Å². The maximum Gasteiger partial charge on any atom is 0.252 e. The van der Waals surface area contributed by atoms with Crippen molar-refractivity contribution in [3.05, 3.63) is 35.4 Å². The molecule has 2 amide bonds. The minimum absolute atomic E-state index is 0.0299. The van der Waals surface area contributed by atoms with Crippen LogP contribution in [0.25, 0.3) is 0 Å². The van der Waals surface area contributed by atoms with Crippen LogP contribution in [0.2, 0.25) is 0 Å². The molecule has 160 valence electrons. The summed E-state index contributed by atoms with van der Waals surface area (Å²) in [5.41, 5.74) is 1.55. The molecule has 1 saturated carbocycles. The smallest absolute Gasteiger partial charge is 0.252 e. The number of carbonyl (C=O) groups excluding carboxylic acids is 2. The van der Waals surface area contributed by atoms with Gasteiger partial charge in [0.15, 0.2) is 0 Å². The van der Waals surface area contributed by atoms with Crippen LogP contribution in [0.1, 0.15) is 74.7 Å². The van der Waals surface area contributed by atoms with Gasteiger partial charge < -0.3 is 10.6 Å². The molecule has 5 heteroatoms. The van der Waals surface area contributed by atoms with Gasteiger partial charge in [0.1, 0.15) is 6.04 Å². The second-order valence-corrected chi connectivity index (χ2v) is 9.14. The average Bonchev–Trinajstić information content (AvgIpc) is 2.98. The zero-order valence-corrected chi connectivity index (χ0v) is 18.2. The van der Waals surface area contributed by atoms with E-state index in [9.17, 15) is 9.59 Å². The highest BCUT2D eigenvalue weighted by atomic mass is 16.2. The standard InChI is InChI=1S/C24H37N3O2/c1-17(2)22(26-23(28)21-13-9-8-10-18(21)3)24(29)25-19-14-15-27(16-19)20-11-6-4-5-7-12-20/h8-10,13,17,19-20,22H,4-7,11-12,14-16H2,1-3H3,(H,25,29)(H,26,28). The number of nitrogens with zero attached hydrogens (tertiary/aromatic N) is 1. The number of aryl methyl sites for hydroxylation is 1. The molecule has 1 aromatic carbocycles. The minimum atomic E-state index is -0.519. The Morgan fingerprint density at radius 2 is 1.72 bits per heavy atom. The van der Waals surface area contributed by atoms with Crippen LogP contribution in [0.15, 0.2) is 24.3 Å². The van der Waals surface area contributed by atoms with Gasteiger partial charge in [-0.25, -0.2) is 0 Å². The number of benzene rings is 1. The molecule has 5 nitrogen and oxygen atoms in total. The number of carbonyl (C=O) groups is 2. The molecule has 0 radical (unpaired) electrons. The molecule has 1 aromatic rings. The normalized spacial score (nSPS) is 22.3. The molecule has 1 heterocycles. The first-order valence-corrected chi connectivity index (χ1v) is 11.4. The van der Waals surface area contributed by atoms with Gasteiger partial charge in [-0.3, -0.25) is 14.5 Å². The van der Waals surface area contributed by atoms with Gasteiger partial charge in [-0.05, 0) is 43.7 Å². The molecule has 2 N–H and O–H groups in total. The van der Waals surface area contributed by atoms with Gasteiger partial charge >= 0.3 is 0 Å². The Hall–Kier alpha value is -1.88. The number of rotatable bonds is 6. The van der Waals surface area contributed by atoms with Gasteiger partial charge in [0.25, 0.3) is 5.91 Å². The summed E-state index contributed by atoms with van der Waals surface area (Å²) in [4.78, 5) is 28.3. The number of likely N-dealkylation sites (tertiary alicyclic amines) is 1. The van der Waals surface area contributed by atoms with E-state index in [0.29, 0.717) is 11.6 Å².